The number of hydrogen-bond acceptors (Lipinski definition) is 3. The van der Waals surface area contributed by atoms with Gasteiger partial charge in [0, 0.05) is 4.88 Å². The van der Waals surface area contributed by atoms with E-state index in [2.05, 4.69) is 6.07 Å². The van der Waals surface area contributed by atoms with E-state index in [9.17, 15) is 4.39 Å². The van der Waals surface area contributed by atoms with Gasteiger partial charge in [-0.25, -0.2) is 4.39 Å². The van der Waals surface area contributed by atoms with Crippen LogP contribution in [0.4, 0.5) is 10.1 Å². The number of nitrogens with two attached hydrogens (primary N) is 1. The molecule has 0 aliphatic carbocycles. The van der Waals surface area contributed by atoms with Crippen LogP contribution in [0.15, 0.2) is 18.2 Å². The Morgan fingerprint density at radius 3 is 2.79 bits per heavy atom. The molecule has 0 saturated carbocycles. The summed E-state index contributed by atoms with van der Waals surface area (Å²) >= 11 is 6.98. The molecule has 0 atom stereocenters. The first-order chi connectivity index (χ1) is 9.08. The van der Waals surface area contributed by atoms with Crippen LogP contribution >= 0.6 is 22.9 Å². The van der Waals surface area contributed by atoms with Gasteiger partial charge in [-0.05, 0) is 29.7 Å². The van der Waals surface area contributed by atoms with Crippen LogP contribution < -0.4 is 5.73 Å². The fourth-order valence-corrected chi connectivity index (χ4v) is 3.11. The van der Waals surface area contributed by atoms with Crippen molar-refractivity contribution >= 4 is 28.6 Å². The lowest BCUT2D eigenvalue weighted by Gasteiger charge is -2.05. The summed E-state index contributed by atoms with van der Waals surface area (Å²) in [4.78, 5) is 1.33. The van der Waals surface area contributed by atoms with Gasteiger partial charge in [-0.15, -0.1) is 11.3 Å². The molecule has 19 heavy (non-hydrogen) atoms. The maximum Gasteiger partial charge on any atom is 0.142 e. The summed E-state index contributed by atoms with van der Waals surface area (Å²) in [7, 11) is 0. The minimum absolute atomic E-state index is 0.0887. The van der Waals surface area contributed by atoms with E-state index in [0.717, 1.165) is 23.3 Å². The lowest BCUT2D eigenvalue weighted by atomic mass is 10.0. The van der Waals surface area contributed by atoms with Crippen LogP contribution in [0, 0.1) is 17.1 Å². The number of rotatable bonds is 3. The van der Waals surface area contributed by atoms with Crippen LogP contribution in [0.25, 0.3) is 10.4 Å². The van der Waals surface area contributed by atoms with Gasteiger partial charge in [0.25, 0.3) is 0 Å². The van der Waals surface area contributed by atoms with Crippen LogP contribution in [0.3, 0.4) is 0 Å². The second kappa shape index (κ2) is 5.60. The molecule has 2 aromatic rings. The molecule has 0 saturated heterocycles. The van der Waals surface area contributed by atoms with E-state index in [4.69, 9.17) is 22.6 Å². The number of benzene rings is 1. The van der Waals surface area contributed by atoms with Gasteiger partial charge in [0.2, 0.25) is 0 Å². The molecule has 1 aromatic carbocycles. The van der Waals surface area contributed by atoms with Gasteiger partial charge < -0.3 is 5.73 Å². The summed E-state index contributed by atoms with van der Waals surface area (Å²) in [6, 6.07) is 6.73. The number of nitrogen functional groups attached to an aromatic ring is 1. The summed E-state index contributed by atoms with van der Waals surface area (Å²) in [5, 5.41) is 9.14. The molecule has 0 amide bonds. The molecule has 1 aromatic heterocycles. The average Bonchev–Trinajstić information content (AvgIpc) is 2.71. The predicted molar refractivity (Wildman–Crippen MR) is 77.8 cm³/mol. The lowest BCUT2D eigenvalue weighted by molar-refractivity contribution is 0.629. The summed E-state index contributed by atoms with van der Waals surface area (Å²) < 4.78 is 13.5. The van der Waals surface area contributed by atoms with Crippen molar-refractivity contribution in [2.45, 2.75) is 19.8 Å². The molecule has 0 aliphatic rings. The van der Waals surface area contributed by atoms with Crippen molar-refractivity contribution in [1.29, 1.82) is 5.26 Å². The number of nitriles is 1. The zero-order valence-electron chi connectivity index (χ0n) is 10.3. The van der Waals surface area contributed by atoms with Gasteiger partial charge in [0.15, 0.2) is 0 Å². The van der Waals surface area contributed by atoms with Gasteiger partial charge in [-0.2, -0.15) is 5.26 Å². The van der Waals surface area contributed by atoms with Gasteiger partial charge in [-0.1, -0.05) is 31.0 Å². The topological polar surface area (TPSA) is 49.8 Å². The van der Waals surface area contributed by atoms with E-state index in [-0.39, 0.29) is 5.02 Å². The monoisotopic (exact) mass is 294 g/mol. The molecule has 0 spiro atoms. The Hall–Kier alpha value is -1.57. The van der Waals surface area contributed by atoms with Crippen LogP contribution in [0.1, 0.15) is 23.8 Å². The number of hydrogen-bond donors (Lipinski definition) is 1. The Labute approximate surface area is 120 Å². The molecule has 0 bridgehead atoms. The highest BCUT2D eigenvalue weighted by molar-refractivity contribution is 7.16. The van der Waals surface area contributed by atoms with Crippen molar-refractivity contribution in [2.75, 3.05) is 5.73 Å². The van der Waals surface area contributed by atoms with E-state index in [1.807, 2.05) is 6.92 Å². The molecule has 0 radical (unpaired) electrons. The molecule has 5 heteroatoms. The van der Waals surface area contributed by atoms with Gasteiger partial charge in [0.05, 0.1) is 10.7 Å². The lowest BCUT2D eigenvalue weighted by Crippen LogP contribution is -1.93. The summed E-state index contributed by atoms with van der Waals surface area (Å²) in [6.07, 6.45) is 1.68. The third-order valence-corrected chi connectivity index (χ3v) is 4.34. The highest BCUT2D eigenvalue weighted by Crippen LogP contribution is 2.39. The third kappa shape index (κ3) is 2.58. The SMILES string of the molecule is CCCc1c(-c2ccc(Cl)c(F)c2)sc(C#N)c1N. The standard InChI is InChI=1S/C14H12ClFN2S/c1-2-3-9-13(18)12(7-17)19-14(9)8-4-5-10(15)11(16)6-8/h4-6H,2-3,18H2,1H3. The van der Waals surface area contributed by atoms with Crippen LogP contribution in [0.5, 0.6) is 0 Å². The highest BCUT2D eigenvalue weighted by atomic mass is 35.5. The second-order valence-corrected chi connectivity index (χ2v) is 5.57. The van der Waals surface area contributed by atoms with E-state index < -0.39 is 5.82 Å². The Bertz CT molecular complexity index is 658. The molecular formula is C14H12ClFN2S. The fourth-order valence-electron chi connectivity index (χ4n) is 1.93. The quantitative estimate of drug-likeness (QED) is 0.898. The van der Waals surface area contributed by atoms with E-state index in [1.165, 1.54) is 23.5 Å². The van der Waals surface area contributed by atoms with Gasteiger partial charge in [-0.3, -0.25) is 0 Å². The number of anilines is 1. The van der Waals surface area contributed by atoms with Crippen LogP contribution in [0.2, 0.25) is 5.02 Å². The molecule has 0 aliphatic heterocycles. The summed E-state index contributed by atoms with van der Waals surface area (Å²) in [5.74, 6) is -0.466. The van der Waals surface area contributed by atoms with E-state index in [0.29, 0.717) is 16.1 Å². The summed E-state index contributed by atoms with van der Waals surface area (Å²) in [5.41, 5.74) is 8.12. The maximum atomic E-state index is 13.5. The van der Waals surface area contributed by atoms with Crippen molar-refractivity contribution in [3.05, 3.63) is 39.5 Å². The van der Waals surface area contributed by atoms with Gasteiger partial charge in [0.1, 0.15) is 16.8 Å². The highest BCUT2D eigenvalue weighted by Gasteiger charge is 2.17. The Balaban J connectivity index is 2.60. The molecule has 98 valence electrons. The average molecular weight is 295 g/mol. The fraction of sp³-hybridized carbons (Fsp3) is 0.214. The molecule has 2 nitrogen and oxygen atoms in total. The molecule has 0 fully saturated rings. The largest absolute Gasteiger partial charge is 0.397 e. The van der Waals surface area contributed by atoms with Crippen LogP contribution in [-0.4, -0.2) is 0 Å². The van der Waals surface area contributed by atoms with E-state index in [1.54, 1.807) is 6.07 Å². The second-order valence-electron chi connectivity index (χ2n) is 4.14. The normalized spacial score (nSPS) is 10.4. The number of thiophene rings is 1. The summed E-state index contributed by atoms with van der Waals surface area (Å²) in [6.45, 7) is 2.04. The zero-order chi connectivity index (χ0) is 14.0. The first kappa shape index (κ1) is 13.9. The van der Waals surface area contributed by atoms with Crippen molar-refractivity contribution in [3.8, 4) is 16.5 Å². The minimum Gasteiger partial charge on any atom is -0.397 e. The Morgan fingerprint density at radius 1 is 1.47 bits per heavy atom. The third-order valence-electron chi connectivity index (χ3n) is 2.83. The predicted octanol–water partition coefficient (Wildman–Crippen LogP) is 4.61. The Morgan fingerprint density at radius 2 is 2.21 bits per heavy atom. The minimum atomic E-state index is -0.466. The first-order valence-electron chi connectivity index (χ1n) is 5.85. The van der Waals surface area contributed by atoms with Crippen molar-refractivity contribution in [3.63, 3.8) is 0 Å². The first-order valence-corrected chi connectivity index (χ1v) is 7.04. The molecule has 2 rings (SSSR count). The van der Waals surface area contributed by atoms with Crippen molar-refractivity contribution in [1.82, 2.24) is 0 Å². The Kier molecular flexibility index (Phi) is 4.08. The zero-order valence-corrected chi connectivity index (χ0v) is 11.9. The van der Waals surface area contributed by atoms with Crippen molar-refractivity contribution in [2.24, 2.45) is 0 Å². The number of nitrogens with zero attached hydrogens (tertiary/aromatic N) is 1. The number of halogens is 2. The van der Waals surface area contributed by atoms with E-state index >= 15 is 0 Å². The molecule has 0 unspecified atom stereocenters. The molecule has 1 heterocycles. The van der Waals surface area contributed by atoms with Crippen molar-refractivity contribution < 1.29 is 4.39 Å². The molecule has 2 N–H and O–H groups in total. The maximum absolute atomic E-state index is 13.5. The van der Waals surface area contributed by atoms with Gasteiger partial charge >= 0.3 is 0 Å². The molecular weight excluding hydrogens is 283 g/mol. The smallest absolute Gasteiger partial charge is 0.142 e. The van der Waals surface area contributed by atoms with Crippen LogP contribution in [-0.2, 0) is 6.42 Å².